The average molecular weight is 255 g/mol. The van der Waals surface area contributed by atoms with Gasteiger partial charge in [-0.3, -0.25) is 0 Å². The van der Waals surface area contributed by atoms with Crippen LogP contribution in [0.2, 0.25) is 0 Å². The third-order valence-corrected chi connectivity index (χ3v) is 3.33. The van der Waals surface area contributed by atoms with Crippen LogP contribution in [-0.4, -0.2) is 6.04 Å². The fourth-order valence-electron chi connectivity index (χ4n) is 2.09. The van der Waals surface area contributed by atoms with E-state index in [1.54, 1.807) is 6.07 Å². The van der Waals surface area contributed by atoms with E-state index in [9.17, 15) is 8.78 Å². The molecule has 1 aromatic rings. The predicted molar refractivity (Wildman–Crippen MR) is 71.5 cm³/mol. The Morgan fingerprint density at radius 3 is 2.44 bits per heavy atom. The topological polar surface area (TPSA) is 12.0 Å². The van der Waals surface area contributed by atoms with Crippen molar-refractivity contribution in [2.45, 2.75) is 58.5 Å². The Kier molecular flexibility index (Phi) is 6.27. The second-order valence-electron chi connectivity index (χ2n) is 4.81. The molecular formula is C15H23F2N. The molecule has 0 bridgehead atoms. The predicted octanol–water partition coefficient (Wildman–Crippen LogP) is 4.58. The molecule has 0 aliphatic rings. The summed E-state index contributed by atoms with van der Waals surface area (Å²) in [4.78, 5) is 0. The molecule has 1 N–H and O–H groups in total. The summed E-state index contributed by atoms with van der Waals surface area (Å²) in [6, 6.07) is 4.59. The van der Waals surface area contributed by atoms with Crippen LogP contribution in [0.3, 0.4) is 0 Å². The Hall–Kier alpha value is -0.960. The number of nitrogens with one attached hydrogen (secondary N) is 1. The number of benzene rings is 1. The minimum Gasteiger partial charge on any atom is -0.307 e. The van der Waals surface area contributed by atoms with Gasteiger partial charge in [-0.05, 0) is 37.5 Å². The molecule has 0 aromatic heterocycles. The van der Waals surface area contributed by atoms with Crippen LogP contribution < -0.4 is 5.32 Å². The molecule has 1 nitrogen and oxygen atoms in total. The van der Waals surface area contributed by atoms with Gasteiger partial charge in [0.2, 0.25) is 0 Å². The van der Waals surface area contributed by atoms with E-state index in [1.165, 1.54) is 25.0 Å². The minimum atomic E-state index is -0.788. The first-order chi connectivity index (χ1) is 8.58. The Labute approximate surface area is 109 Å². The van der Waals surface area contributed by atoms with Crippen LogP contribution in [0, 0.1) is 11.6 Å². The molecule has 18 heavy (non-hydrogen) atoms. The molecule has 102 valence electrons. The smallest absolute Gasteiger partial charge is 0.159 e. The zero-order valence-corrected chi connectivity index (χ0v) is 11.5. The summed E-state index contributed by atoms with van der Waals surface area (Å²) < 4.78 is 26.0. The third kappa shape index (κ3) is 4.37. The van der Waals surface area contributed by atoms with Gasteiger partial charge in [0.15, 0.2) is 11.6 Å². The SMILES string of the molecule is CCCCC(CC)NC(C)c1ccc(F)c(F)c1. The van der Waals surface area contributed by atoms with Gasteiger partial charge in [-0.25, -0.2) is 8.78 Å². The second-order valence-corrected chi connectivity index (χ2v) is 4.81. The van der Waals surface area contributed by atoms with Crippen molar-refractivity contribution in [1.82, 2.24) is 5.32 Å². The molecule has 0 saturated carbocycles. The molecule has 0 radical (unpaired) electrons. The standard InChI is InChI=1S/C15H23F2N/c1-4-6-7-13(5-2)18-11(3)12-8-9-14(16)15(17)10-12/h8-11,13,18H,4-7H2,1-3H3. The van der Waals surface area contributed by atoms with Gasteiger partial charge in [-0.1, -0.05) is 32.8 Å². The molecule has 3 heteroatoms. The van der Waals surface area contributed by atoms with E-state index < -0.39 is 11.6 Å². The van der Waals surface area contributed by atoms with Gasteiger partial charge in [0.25, 0.3) is 0 Å². The maximum Gasteiger partial charge on any atom is 0.159 e. The Bertz CT molecular complexity index is 366. The fraction of sp³-hybridized carbons (Fsp3) is 0.600. The summed E-state index contributed by atoms with van der Waals surface area (Å²) in [5, 5.41) is 3.48. The van der Waals surface area contributed by atoms with Crippen LogP contribution in [0.1, 0.15) is 58.1 Å². The van der Waals surface area contributed by atoms with E-state index in [-0.39, 0.29) is 6.04 Å². The number of hydrogen-bond donors (Lipinski definition) is 1. The molecule has 0 amide bonds. The van der Waals surface area contributed by atoms with Crippen molar-refractivity contribution in [3.05, 3.63) is 35.4 Å². The van der Waals surface area contributed by atoms with Crippen molar-refractivity contribution < 1.29 is 8.78 Å². The third-order valence-electron chi connectivity index (χ3n) is 3.33. The Balaban J connectivity index is 2.62. The lowest BCUT2D eigenvalue weighted by Gasteiger charge is -2.22. The number of rotatable bonds is 7. The van der Waals surface area contributed by atoms with Gasteiger partial charge in [0, 0.05) is 12.1 Å². The first kappa shape index (κ1) is 15.1. The van der Waals surface area contributed by atoms with Gasteiger partial charge >= 0.3 is 0 Å². The normalized spacial score (nSPS) is 14.5. The molecular weight excluding hydrogens is 232 g/mol. The van der Waals surface area contributed by atoms with Crippen LogP contribution in [0.15, 0.2) is 18.2 Å². The fourth-order valence-corrected chi connectivity index (χ4v) is 2.09. The lowest BCUT2D eigenvalue weighted by Crippen LogP contribution is -2.31. The number of hydrogen-bond acceptors (Lipinski definition) is 1. The Morgan fingerprint density at radius 1 is 1.17 bits per heavy atom. The van der Waals surface area contributed by atoms with Crippen LogP contribution in [0.4, 0.5) is 8.78 Å². The van der Waals surface area contributed by atoms with Crippen LogP contribution in [0.5, 0.6) is 0 Å². The Morgan fingerprint density at radius 2 is 1.89 bits per heavy atom. The summed E-state index contributed by atoms with van der Waals surface area (Å²) in [5.74, 6) is -1.56. The van der Waals surface area contributed by atoms with Crippen LogP contribution in [-0.2, 0) is 0 Å². The van der Waals surface area contributed by atoms with Gasteiger partial charge in [0.1, 0.15) is 0 Å². The highest BCUT2D eigenvalue weighted by Crippen LogP contribution is 2.18. The summed E-state index contributed by atoms with van der Waals surface area (Å²) >= 11 is 0. The minimum absolute atomic E-state index is 0.0434. The highest BCUT2D eigenvalue weighted by molar-refractivity contribution is 5.20. The van der Waals surface area contributed by atoms with E-state index >= 15 is 0 Å². The van der Waals surface area contributed by atoms with Crippen molar-refractivity contribution >= 4 is 0 Å². The van der Waals surface area contributed by atoms with Gasteiger partial charge in [0.05, 0.1) is 0 Å². The van der Waals surface area contributed by atoms with Crippen molar-refractivity contribution in [3.8, 4) is 0 Å². The first-order valence-electron chi connectivity index (χ1n) is 6.79. The quantitative estimate of drug-likeness (QED) is 0.751. The highest BCUT2D eigenvalue weighted by atomic mass is 19.2. The van der Waals surface area contributed by atoms with Crippen LogP contribution >= 0.6 is 0 Å². The first-order valence-corrected chi connectivity index (χ1v) is 6.79. The number of unbranched alkanes of at least 4 members (excludes halogenated alkanes) is 1. The van der Waals surface area contributed by atoms with Crippen molar-refractivity contribution in [1.29, 1.82) is 0 Å². The molecule has 2 atom stereocenters. The number of halogens is 2. The lowest BCUT2D eigenvalue weighted by atomic mass is 10.0. The van der Waals surface area contributed by atoms with Gasteiger partial charge < -0.3 is 5.32 Å². The molecule has 0 spiro atoms. The van der Waals surface area contributed by atoms with Crippen molar-refractivity contribution in [3.63, 3.8) is 0 Å². The average Bonchev–Trinajstić information content (AvgIpc) is 2.37. The summed E-state index contributed by atoms with van der Waals surface area (Å²) in [6.07, 6.45) is 4.54. The second kappa shape index (κ2) is 7.47. The molecule has 2 unspecified atom stereocenters. The molecule has 0 saturated heterocycles. The summed E-state index contributed by atoms with van der Waals surface area (Å²) in [5.41, 5.74) is 0.795. The van der Waals surface area contributed by atoms with Crippen molar-refractivity contribution in [2.75, 3.05) is 0 Å². The van der Waals surface area contributed by atoms with Gasteiger partial charge in [-0.15, -0.1) is 0 Å². The monoisotopic (exact) mass is 255 g/mol. The lowest BCUT2D eigenvalue weighted by molar-refractivity contribution is 0.408. The van der Waals surface area contributed by atoms with Gasteiger partial charge in [-0.2, -0.15) is 0 Å². The molecule has 0 aliphatic heterocycles. The molecule has 0 heterocycles. The van der Waals surface area contributed by atoms with E-state index in [0.717, 1.165) is 18.4 Å². The summed E-state index contributed by atoms with van der Waals surface area (Å²) in [7, 11) is 0. The van der Waals surface area contributed by atoms with E-state index in [4.69, 9.17) is 0 Å². The molecule has 0 aliphatic carbocycles. The van der Waals surface area contributed by atoms with Crippen molar-refractivity contribution in [2.24, 2.45) is 0 Å². The molecule has 0 fully saturated rings. The molecule has 1 aromatic carbocycles. The van der Waals surface area contributed by atoms with E-state index in [1.807, 2.05) is 6.92 Å². The van der Waals surface area contributed by atoms with Crippen LogP contribution in [0.25, 0.3) is 0 Å². The van der Waals surface area contributed by atoms with E-state index in [0.29, 0.717) is 6.04 Å². The zero-order chi connectivity index (χ0) is 13.5. The zero-order valence-electron chi connectivity index (χ0n) is 11.5. The maximum absolute atomic E-state index is 13.2. The maximum atomic E-state index is 13.2. The van der Waals surface area contributed by atoms with E-state index in [2.05, 4.69) is 19.2 Å². The molecule has 1 rings (SSSR count). The summed E-state index contributed by atoms with van der Waals surface area (Å²) in [6.45, 7) is 6.30. The highest BCUT2D eigenvalue weighted by Gasteiger charge is 2.13. The largest absolute Gasteiger partial charge is 0.307 e.